The maximum Gasteiger partial charge on any atom is 0.198 e. The van der Waals surface area contributed by atoms with Crippen LogP contribution in [0.1, 0.15) is 43.8 Å². The minimum Gasteiger partial charge on any atom is -0.453 e. The van der Waals surface area contributed by atoms with Gasteiger partial charge in [-0.25, -0.2) is 0 Å². The van der Waals surface area contributed by atoms with Crippen LogP contribution in [0.3, 0.4) is 0 Å². The average molecular weight is 241 g/mol. The normalized spacial score (nSPS) is 34.5. The van der Waals surface area contributed by atoms with Gasteiger partial charge in [-0.3, -0.25) is 0 Å². The predicted octanol–water partition coefficient (Wildman–Crippen LogP) is 3.79. The van der Waals surface area contributed by atoms with E-state index in [4.69, 9.17) is 16.0 Å². The molecule has 0 amide bonds. The van der Waals surface area contributed by atoms with E-state index >= 15 is 0 Å². The second kappa shape index (κ2) is 4.08. The van der Waals surface area contributed by atoms with Crippen molar-refractivity contribution in [2.45, 2.75) is 38.2 Å². The maximum absolute atomic E-state index is 10.1. The second-order valence-corrected chi connectivity index (χ2v) is 5.68. The fourth-order valence-corrected chi connectivity index (χ4v) is 3.86. The molecule has 0 aliphatic heterocycles. The van der Waals surface area contributed by atoms with Gasteiger partial charge in [-0.1, -0.05) is 6.42 Å². The molecule has 2 aliphatic carbocycles. The van der Waals surface area contributed by atoms with E-state index in [9.17, 15) is 5.11 Å². The molecular formula is C13H17ClO2. The maximum atomic E-state index is 10.1. The quantitative estimate of drug-likeness (QED) is 0.872. The average Bonchev–Trinajstić information content (AvgIpc) is 2.92. The van der Waals surface area contributed by atoms with Crippen molar-refractivity contribution in [2.24, 2.45) is 17.8 Å². The molecule has 3 rings (SSSR count). The first kappa shape index (κ1) is 10.7. The van der Waals surface area contributed by atoms with Crippen LogP contribution in [0.25, 0.3) is 0 Å². The molecule has 0 saturated heterocycles. The monoisotopic (exact) mass is 240 g/mol. The molecule has 3 heteroatoms. The largest absolute Gasteiger partial charge is 0.453 e. The van der Waals surface area contributed by atoms with Gasteiger partial charge in [0, 0.05) is 5.56 Å². The Balaban J connectivity index is 1.65. The van der Waals surface area contributed by atoms with Crippen LogP contribution in [0, 0.1) is 17.8 Å². The molecule has 0 radical (unpaired) electrons. The molecule has 2 nitrogen and oxygen atoms in total. The van der Waals surface area contributed by atoms with Crippen molar-refractivity contribution >= 4 is 11.6 Å². The molecular weight excluding hydrogens is 224 g/mol. The highest BCUT2D eigenvalue weighted by Gasteiger charge is 2.40. The lowest BCUT2D eigenvalue weighted by molar-refractivity contribution is 0.125. The van der Waals surface area contributed by atoms with Crippen molar-refractivity contribution in [3.05, 3.63) is 23.1 Å². The zero-order valence-corrected chi connectivity index (χ0v) is 9.99. The Hall–Kier alpha value is -0.470. The van der Waals surface area contributed by atoms with Gasteiger partial charge in [0.1, 0.15) is 0 Å². The van der Waals surface area contributed by atoms with Crippen LogP contribution in [0.2, 0.25) is 5.22 Å². The fraction of sp³-hybridized carbons (Fsp3) is 0.692. The molecule has 2 aliphatic rings. The van der Waals surface area contributed by atoms with Crippen LogP contribution < -0.4 is 0 Å². The molecule has 2 fully saturated rings. The summed E-state index contributed by atoms with van der Waals surface area (Å²) in [5.74, 6) is 2.48. The summed E-state index contributed by atoms with van der Waals surface area (Å²) < 4.78 is 5.02. The highest BCUT2D eigenvalue weighted by atomic mass is 35.5. The third-order valence-electron chi connectivity index (χ3n) is 4.42. The number of aliphatic hydroxyl groups excluding tert-OH is 1. The van der Waals surface area contributed by atoms with Gasteiger partial charge < -0.3 is 9.52 Å². The summed E-state index contributed by atoms with van der Waals surface area (Å²) in [6.45, 7) is 0. The molecule has 0 aromatic carbocycles. The van der Waals surface area contributed by atoms with Crippen molar-refractivity contribution < 1.29 is 9.52 Å². The summed E-state index contributed by atoms with van der Waals surface area (Å²) in [5.41, 5.74) is 0.754. The summed E-state index contributed by atoms with van der Waals surface area (Å²) >= 11 is 5.87. The van der Waals surface area contributed by atoms with Crippen LogP contribution >= 0.6 is 11.6 Å². The van der Waals surface area contributed by atoms with Gasteiger partial charge in [0.15, 0.2) is 5.22 Å². The van der Waals surface area contributed by atoms with Gasteiger partial charge in [-0.2, -0.15) is 0 Å². The molecule has 2 saturated carbocycles. The molecule has 0 spiro atoms. The number of aliphatic hydroxyl groups is 1. The Morgan fingerprint density at radius 3 is 2.88 bits per heavy atom. The van der Waals surface area contributed by atoms with E-state index in [0.717, 1.165) is 23.8 Å². The Bertz CT molecular complexity index is 374. The highest BCUT2D eigenvalue weighted by molar-refractivity contribution is 6.29. The molecule has 16 heavy (non-hydrogen) atoms. The first-order valence-electron chi connectivity index (χ1n) is 6.15. The third-order valence-corrected chi connectivity index (χ3v) is 4.72. The summed E-state index contributed by atoms with van der Waals surface area (Å²) in [6, 6.07) is 1.78. The lowest BCUT2D eigenvalue weighted by Gasteiger charge is -2.23. The van der Waals surface area contributed by atoms with Crippen molar-refractivity contribution in [3.63, 3.8) is 0 Å². The van der Waals surface area contributed by atoms with Crippen LogP contribution in [0.15, 0.2) is 16.7 Å². The number of hydrogen-bond acceptors (Lipinski definition) is 2. The van der Waals surface area contributed by atoms with Crippen LogP contribution in [-0.4, -0.2) is 5.11 Å². The Morgan fingerprint density at radius 1 is 1.44 bits per heavy atom. The lowest BCUT2D eigenvalue weighted by atomic mass is 9.84. The summed E-state index contributed by atoms with van der Waals surface area (Å²) in [4.78, 5) is 0. The van der Waals surface area contributed by atoms with Gasteiger partial charge in [0.05, 0.1) is 12.4 Å². The molecule has 4 unspecified atom stereocenters. The topological polar surface area (TPSA) is 33.4 Å². The van der Waals surface area contributed by atoms with Crippen molar-refractivity contribution in [1.29, 1.82) is 0 Å². The molecule has 4 atom stereocenters. The van der Waals surface area contributed by atoms with Gasteiger partial charge in [0.25, 0.3) is 0 Å². The summed E-state index contributed by atoms with van der Waals surface area (Å²) in [6.07, 6.45) is 7.40. The third kappa shape index (κ3) is 1.78. The van der Waals surface area contributed by atoms with Crippen LogP contribution in [0.4, 0.5) is 0 Å². The number of fused-ring (bicyclic) bond motifs is 2. The number of rotatable bonds is 3. The minimum absolute atomic E-state index is 0.343. The predicted molar refractivity (Wildman–Crippen MR) is 62.2 cm³/mol. The van der Waals surface area contributed by atoms with Crippen molar-refractivity contribution in [3.8, 4) is 0 Å². The second-order valence-electron chi connectivity index (χ2n) is 5.34. The molecule has 1 aromatic rings. The zero-order valence-electron chi connectivity index (χ0n) is 9.23. The van der Waals surface area contributed by atoms with E-state index < -0.39 is 6.10 Å². The van der Waals surface area contributed by atoms with E-state index in [0.29, 0.717) is 11.1 Å². The fourth-order valence-electron chi connectivity index (χ4n) is 3.62. The van der Waals surface area contributed by atoms with Gasteiger partial charge >= 0.3 is 0 Å². The lowest BCUT2D eigenvalue weighted by Crippen LogP contribution is -2.14. The van der Waals surface area contributed by atoms with E-state index in [2.05, 4.69) is 0 Å². The highest BCUT2D eigenvalue weighted by Crippen LogP contribution is 2.51. The van der Waals surface area contributed by atoms with Crippen LogP contribution in [0.5, 0.6) is 0 Å². The Labute approximate surface area is 101 Å². The van der Waals surface area contributed by atoms with Crippen LogP contribution in [-0.2, 0) is 0 Å². The minimum atomic E-state index is -0.449. The standard InChI is InChI=1S/C13H17ClO2/c14-13-11(3-4-16-13)12(15)7-10-6-8-1-2-9(10)5-8/h3-4,8-10,12,15H,1-2,5-7H2. The van der Waals surface area contributed by atoms with Crippen molar-refractivity contribution in [2.75, 3.05) is 0 Å². The first-order valence-corrected chi connectivity index (χ1v) is 6.52. The van der Waals surface area contributed by atoms with E-state index in [1.54, 1.807) is 12.3 Å². The molecule has 2 bridgehead atoms. The van der Waals surface area contributed by atoms with Gasteiger partial charge in [-0.05, 0) is 61.1 Å². The number of furan rings is 1. The zero-order chi connectivity index (χ0) is 11.1. The van der Waals surface area contributed by atoms with Gasteiger partial charge in [-0.15, -0.1) is 0 Å². The van der Waals surface area contributed by atoms with Crippen molar-refractivity contribution in [1.82, 2.24) is 0 Å². The molecule has 1 heterocycles. The van der Waals surface area contributed by atoms with E-state index in [-0.39, 0.29) is 0 Å². The summed E-state index contributed by atoms with van der Waals surface area (Å²) in [7, 11) is 0. The Kier molecular flexibility index (Phi) is 2.72. The Morgan fingerprint density at radius 2 is 2.31 bits per heavy atom. The molecule has 1 N–H and O–H groups in total. The first-order chi connectivity index (χ1) is 7.74. The van der Waals surface area contributed by atoms with E-state index in [1.807, 2.05) is 0 Å². The molecule has 88 valence electrons. The SMILES string of the molecule is OC(CC1CC2CCC1C2)c1ccoc1Cl. The molecule has 1 aromatic heterocycles. The number of hydrogen-bond donors (Lipinski definition) is 1. The summed E-state index contributed by atoms with van der Waals surface area (Å²) in [5, 5.41) is 10.5. The van der Waals surface area contributed by atoms with Gasteiger partial charge in [0.2, 0.25) is 0 Å². The smallest absolute Gasteiger partial charge is 0.198 e. The van der Waals surface area contributed by atoms with E-state index in [1.165, 1.54) is 25.7 Å². The number of halogens is 1.